The molecule has 2 rings (SSSR count). The lowest BCUT2D eigenvalue weighted by Gasteiger charge is -2.23. The fourth-order valence-corrected chi connectivity index (χ4v) is 2.58. The van der Waals surface area contributed by atoms with Gasteiger partial charge < -0.3 is 4.90 Å². The maximum atomic E-state index is 13.1. The number of benzene rings is 1. The van der Waals surface area contributed by atoms with E-state index in [0.717, 1.165) is 43.9 Å². The first-order valence-electron chi connectivity index (χ1n) is 6.47. The van der Waals surface area contributed by atoms with Crippen LogP contribution in [0, 0.1) is 11.6 Å². The van der Waals surface area contributed by atoms with Crippen LogP contribution < -0.4 is 0 Å². The van der Waals surface area contributed by atoms with Gasteiger partial charge in [0.2, 0.25) is 5.91 Å². The smallest absolute Gasteiger partial charge is 0.245 e. The first-order valence-corrected chi connectivity index (χ1v) is 6.90. The molecule has 0 saturated carbocycles. The Bertz CT molecular complexity index is 439. The van der Waals surface area contributed by atoms with E-state index in [4.69, 9.17) is 11.6 Å². The highest BCUT2D eigenvalue weighted by Crippen LogP contribution is 2.26. The number of amides is 1. The topological polar surface area (TPSA) is 20.3 Å². The molecule has 0 bridgehead atoms. The van der Waals surface area contributed by atoms with Crippen molar-refractivity contribution >= 4 is 17.5 Å². The highest BCUT2D eigenvalue weighted by molar-refractivity contribution is 6.30. The molecule has 1 heterocycles. The summed E-state index contributed by atoms with van der Waals surface area (Å²) in [7, 11) is 0. The van der Waals surface area contributed by atoms with Gasteiger partial charge in [-0.25, -0.2) is 8.78 Å². The maximum absolute atomic E-state index is 13.1. The lowest BCUT2D eigenvalue weighted by atomic mass is 10.1. The third-order valence-corrected chi connectivity index (χ3v) is 3.75. The molecule has 1 unspecified atom stereocenters. The van der Waals surface area contributed by atoms with Gasteiger partial charge in [0.25, 0.3) is 0 Å². The number of halogens is 3. The average molecular weight is 288 g/mol. The second-order valence-corrected chi connectivity index (χ2v) is 5.24. The van der Waals surface area contributed by atoms with Crippen molar-refractivity contribution in [3.63, 3.8) is 0 Å². The van der Waals surface area contributed by atoms with Gasteiger partial charge in [-0.3, -0.25) is 4.79 Å². The molecule has 1 saturated heterocycles. The number of carbonyl (C=O) groups excluding carboxylic acids is 1. The summed E-state index contributed by atoms with van der Waals surface area (Å²) in [6, 6.07) is 2.98. The van der Waals surface area contributed by atoms with Gasteiger partial charge in [-0.15, -0.1) is 11.6 Å². The van der Waals surface area contributed by atoms with Gasteiger partial charge in [0, 0.05) is 19.2 Å². The standard InChI is InChI=1S/C14H16ClF2NO/c15-13(10-7-11(16)9-12(17)8-10)14(19)18-5-3-1-2-4-6-18/h7-9,13H,1-6H2. The Morgan fingerprint density at radius 1 is 1.05 bits per heavy atom. The van der Waals surface area contributed by atoms with Crippen molar-refractivity contribution < 1.29 is 13.6 Å². The van der Waals surface area contributed by atoms with Crippen LogP contribution in [0.2, 0.25) is 0 Å². The number of alkyl halides is 1. The van der Waals surface area contributed by atoms with Crippen molar-refractivity contribution in [2.75, 3.05) is 13.1 Å². The molecule has 19 heavy (non-hydrogen) atoms. The molecule has 1 atom stereocenters. The van der Waals surface area contributed by atoms with Gasteiger partial charge >= 0.3 is 0 Å². The summed E-state index contributed by atoms with van der Waals surface area (Å²) in [5.74, 6) is -1.71. The number of hydrogen-bond acceptors (Lipinski definition) is 1. The molecule has 5 heteroatoms. The first-order chi connectivity index (χ1) is 9.08. The Labute approximate surface area is 116 Å². The van der Waals surface area contributed by atoms with E-state index in [9.17, 15) is 13.6 Å². The molecule has 0 aliphatic carbocycles. The lowest BCUT2D eigenvalue weighted by Crippen LogP contribution is -2.34. The molecule has 1 aromatic carbocycles. The monoisotopic (exact) mass is 287 g/mol. The van der Waals surface area contributed by atoms with E-state index in [1.165, 1.54) is 0 Å². The molecule has 1 fully saturated rings. The number of nitrogens with zero attached hydrogens (tertiary/aromatic N) is 1. The fraction of sp³-hybridized carbons (Fsp3) is 0.500. The molecular weight excluding hydrogens is 272 g/mol. The Balaban J connectivity index is 2.13. The zero-order chi connectivity index (χ0) is 13.8. The van der Waals surface area contributed by atoms with Gasteiger partial charge in [-0.1, -0.05) is 12.8 Å². The molecular formula is C14H16ClF2NO. The molecule has 1 aliphatic heterocycles. The van der Waals surface area contributed by atoms with Gasteiger partial charge in [0.15, 0.2) is 0 Å². The molecule has 1 amide bonds. The minimum absolute atomic E-state index is 0.174. The zero-order valence-electron chi connectivity index (χ0n) is 10.5. The fourth-order valence-electron chi connectivity index (χ4n) is 2.32. The Hall–Kier alpha value is -1.16. The Morgan fingerprint density at radius 3 is 2.11 bits per heavy atom. The highest BCUT2D eigenvalue weighted by Gasteiger charge is 2.25. The third kappa shape index (κ3) is 3.66. The summed E-state index contributed by atoms with van der Waals surface area (Å²) in [6.45, 7) is 1.33. The normalized spacial score (nSPS) is 17.9. The summed E-state index contributed by atoms with van der Waals surface area (Å²) >= 11 is 6.06. The lowest BCUT2D eigenvalue weighted by molar-refractivity contribution is -0.130. The van der Waals surface area contributed by atoms with Crippen molar-refractivity contribution in [3.05, 3.63) is 35.4 Å². The maximum Gasteiger partial charge on any atom is 0.245 e. The van der Waals surface area contributed by atoms with Crippen LogP contribution in [0.4, 0.5) is 8.78 Å². The van der Waals surface area contributed by atoms with Crippen molar-refractivity contribution in [1.29, 1.82) is 0 Å². The van der Waals surface area contributed by atoms with Crippen molar-refractivity contribution in [2.45, 2.75) is 31.1 Å². The van der Waals surface area contributed by atoms with Crippen LogP contribution in [0.25, 0.3) is 0 Å². The van der Waals surface area contributed by atoms with Crippen molar-refractivity contribution in [1.82, 2.24) is 4.90 Å². The van der Waals surface area contributed by atoms with Crippen LogP contribution in [0.1, 0.15) is 36.6 Å². The summed E-state index contributed by atoms with van der Waals surface area (Å²) < 4.78 is 26.3. The minimum Gasteiger partial charge on any atom is -0.341 e. The van der Waals surface area contributed by atoms with Gasteiger partial charge in [0.1, 0.15) is 17.0 Å². The second kappa shape index (κ2) is 6.33. The van der Waals surface area contributed by atoms with E-state index in [2.05, 4.69) is 0 Å². The van der Waals surface area contributed by atoms with Crippen LogP contribution in [-0.2, 0) is 4.79 Å². The first kappa shape index (κ1) is 14.3. The number of rotatable bonds is 2. The van der Waals surface area contributed by atoms with E-state index in [1.54, 1.807) is 4.90 Å². The molecule has 1 aliphatic rings. The predicted molar refractivity (Wildman–Crippen MR) is 70.0 cm³/mol. The van der Waals surface area contributed by atoms with E-state index >= 15 is 0 Å². The average Bonchev–Trinajstić information content (AvgIpc) is 2.64. The molecule has 0 N–H and O–H groups in total. The number of carbonyl (C=O) groups is 1. The SMILES string of the molecule is O=C(C(Cl)c1cc(F)cc(F)c1)N1CCCCCC1. The summed E-state index contributed by atoms with van der Waals surface area (Å²) in [5.41, 5.74) is 0.174. The van der Waals surface area contributed by atoms with E-state index in [0.29, 0.717) is 13.1 Å². The number of hydrogen-bond donors (Lipinski definition) is 0. The van der Waals surface area contributed by atoms with Crippen LogP contribution in [0.15, 0.2) is 18.2 Å². The van der Waals surface area contributed by atoms with Crippen molar-refractivity contribution in [3.8, 4) is 0 Å². The Kier molecular flexibility index (Phi) is 4.75. The minimum atomic E-state index is -1.02. The predicted octanol–water partition coefficient (Wildman–Crippen LogP) is 3.65. The zero-order valence-corrected chi connectivity index (χ0v) is 11.3. The second-order valence-electron chi connectivity index (χ2n) is 4.80. The summed E-state index contributed by atoms with van der Waals surface area (Å²) in [6.07, 6.45) is 4.11. The Morgan fingerprint density at radius 2 is 1.58 bits per heavy atom. The molecule has 0 aromatic heterocycles. The van der Waals surface area contributed by atoms with Crippen LogP contribution in [0.3, 0.4) is 0 Å². The van der Waals surface area contributed by atoms with E-state index in [1.807, 2.05) is 0 Å². The van der Waals surface area contributed by atoms with E-state index < -0.39 is 17.0 Å². The van der Waals surface area contributed by atoms with Gasteiger partial charge in [-0.2, -0.15) is 0 Å². The largest absolute Gasteiger partial charge is 0.341 e. The van der Waals surface area contributed by atoms with Crippen LogP contribution in [0.5, 0.6) is 0 Å². The third-order valence-electron chi connectivity index (χ3n) is 3.31. The molecule has 0 spiro atoms. The quantitative estimate of drug-likeness (QED) is 0.761. The molecule has 0 radical (unpaired) electrons. The number of likely N-dealkylation sites (tertiary alicyclic amines) is 1. The van der Waals surface area contributed by atoms with Crippen LogP contribution >= 0.6 is 11.6 Å². The van der Waals surface area contributed by atoms with Gasteiger partial charge in [0.05, 0.1) is 0 Å². The molecule has 104 valence electrons. The molecule has 1 aromatic rings. The van der Waals surface area contributed by atoms with E-state index in [-0.39, 0.29) is 11.5 Å². The summed E-state index contributed by atoms with van der Waals surface area (Å²) in [5, 5.41) is -1.02. The summed E-state index contributed by atoms with van der Waals surface area (Å²) in [4.78, 5) is 13.9. The molecule has 2 nitrogen and oxygen atoms in total. The van der Waals surface area contributed by atoms with Gasteiger partial charge in [-0.05, 0) is 30.5 Å². The van der Waals surface area contributed by atoms with Crippen LogP contribution in [-0.4, -0.2) is 23.9 Å². The van der Waals surface area contributed by atoms with Crippen molar-refractivity contribution in [2.24, 2.45) is 0 Å². The highest BCUT2D eigenvalue weighted by atomic mass is 35.5.